The van der Waals surface area contributed by atoms with Gasteiger partial charge in [-0.25, -0.2) is 9.59 Å². The molecule has 1 aliphatic rings. The third-order valence-electron chi connectivity index (χ3n) is 4.42. The molecule has 1 aliphatic heterocycles. The molecule has 8 heteroatoms. The molecule has 0 aliphatic carbocycles. The van der Waals surface area contributed by atoms with Gasteiger partial charge in [-0.1, -0.05) is 0 Å². The van der Waals surface area contributed by atoms with E-state index in [2.05, 4.69) is 15.3 Å². The average molecular weight is 374 g/mol. The first-order valence-corrected chi connectivity index (χ1v) is 8.97. The normalized spacial score (nSPS) is 17.2. The first-order chi connectivity index (χ1) is 12.7. The lowest BCUT2D eigenvalue weighted by molar-refractivity contribution is 0.0508. The molecule has 8 nitrogen and oxygen atoms in total. The number of esters is 1. The lowest BCUT2D eigenvalue weighted by Gasteiger charge is -2.23. The minimum Gasteiger partial charge on any atom is -0.465 e. The highest BCUT2D eigenvalue weighted by atomic mass is 16.6. The van der Waals surface area contributed by atoms with Crippen molar-refractivity contribution in [1.82, 2.24) is 15.1 Å². The van der Waals surface area contributed by atoms with Crippen molar-refractivity contribution in [3.05, 3.63) is 23.9 Å². The SMILES string of the molecule is COC(=O)c1ccc(N2CC[C@@H](NC(=O)OC(C)(C)C)C2)c2cn(C)nc12. The monoisotopic (exact) mass is 374 g/mol. The number of carbonyl (C=O) groups excluding carboxylic acids is 2. The summed E-state index contributed by atoms with van der Waals surface area (Å²) in [6.07, 6.45) is 2.31. The number of anilines is 1. The lowest BCUT2D eigenvalue weighted by Crippen LogP contribution is -2.40. The Labute approximate surface area is 158 Å². The Morgan fingerprint density at radius 3 is 2.70 bits per heavy atom. The zero-order chi connectivity index (χ0) is 19.8. The van der Waals surface area contributed by atoms with Crippen molar-refractivity contribution in [3.8, 4) is 0 Å². The third kappa shape index (κ3) is 4.15. The fraction of sp³-hybridized carbons (Fsp3) is 0.526. The largest absolute Gasteiger partial charge is 0.465 e. The van der Waals surface area contributed by atoms with Crippen LogP contribution in [-0.4, -0.2) is 53.7 Å². The second kappa shape index (κ2) is 7.09. The van der Waals surface area contributed by atoms with Crippen LogP contribution in [0, 0.1) is 0 Å². The van der Waals surface area contributed by atoms with E-state index in [4.69, 9.17) is 9.47 Å². The second-order valence-electron chi connectivity index (χ2n) is 7.77. The second-order valence-corrected chi connectivity index (χ2v) is 7.77. The number of hydrogen-bond donors (Lipinski definition) is 1. The molecule has 3 rings (SSSR count). The van der Waals surface area contributed by atoms with E-state index in [1.54, 1.807) is 10.7 Å². The molecular weight excluding hydrogens is 348 g/mol. The Hall–Kier alpha value is -2.77. The number of amides is 1. The van der Waals surface area contributed by atoms with Crippen LogP contribution in [0.15, 0.2) is 18.3 Å². The van der Waals surface area contributed by atoms with Crippen LogP contribution >= 0.6 is 0 Å². The van der Waals surface area contributed by atoms with Crippen LogP contribution in [0.25, 0.3) is 10.9 Å². The number of aryl methyl sites for hydroxylation is 1. The number of benzene rings is 1. The van der Waals surface area contributed by atoms with Gasteiger partial charge in [-0.15, -0.1) is 0 Å². The number of nitrogens with one attached hydrogen (secondary N) is 1. The van der Waals surface area contributed by atoms with Crippen molar-refractivity contribution in [1.29, 1.82) is 0 Å². The molecule has 27 heavy (non-hydrogen) atoms. The number of carbonyl (C=O) groups is 2. The number of methoxy groups -OCH3 is 1. The van der Waals surface area contributed by atoms with Crippen LogP contribution in [0.5, 0.6) is 0 Å². The van der Waals surface area contributed by atoms with Gasteiger partial charge in [-0.3, -0.25) is 4.68 Å². The molecule has 146 valence electrons. The minimum atomic E-state index is -0.520. The maximum absolute atomic E-state index is 12.0. The van der Waals surface area contributed by atoms with Crippen molar-refractivity contribution in [2.75, 3.05) is 25.1 Å². The van der Waals surface area contributed by atoms with Crippen molar-refractivity contribution in [2.45, 2.75) is 38.8 Å². The lowest BCUT2D eigenvalue weighted by atomic mass is 10.1. The van der Waals surface area contributed by atoms with Gasteiger partial charge in [0.25, 0.3) is 0 Å². The Kier molecular flexibility index (Phi) is 4.99. The fourth-order valence-electron chi connectivity index (χ4n) is 3.33. The number of nitrogens with zero attached hydrogens (tertiary/aromatic N) is 3. The summed E-state index contributed by atoms with van der Waals surface area (Å²) in [4.78, 5) is 26.2. The van der Waals surface area contributed by atoms with Gasteiger partial charge in [0.1, 0.15) is 11.1 Å². The molecule has 2 aromatic rings. The van der Waals surface area contributed by atoms with Crippen molar-refractivity contribution in [2.24, 2.45) is 7.05 Å². The van der Waals surface area contributed by atoms with E-state index in [1.807, 2.05) is 40.1 Å². The van der Waals surface area contributed by atoms with Crippen LogP contribution in [0.2, 0.25) is 0 Å². The summed E-state index contributed by atoms with van der Waals surface area (Å²) in [6, 6.07) is 3.66. The average Bonchev–Trinajstić information content (AvgIpc) is 3.17. The predicted molar refractivity (Wildman–Crippen MR) is 102 cm³/mol. The van der Waals surface area contributed by atoms with Gasteiger partial charge in [0.05, 0.1) is 18.7 Å². The summed E-state index contributed by atoms with van der Waals surface area (Å²) in [7, 11) is 3.18. The molecule has 0 unspecified atom stereocenters. The van der Waals surface area contributed by atoms with E-state index in [9.17, 15) is 9.59 Å². The quantitative estimate of drug-likeness (QED) is 0.831. The van der Waals surface area contributed by atoms with Gasteiger partial charge in [0, 0.05) is 37.4 Å². The molecule has 1 saturated heterocycles. The van der Waals surface area contributed by atoms with Gasteiger partial charge in [-0.2, -0.15) is 5.10 Å². The highest BCUT2D eigenvalue weighted by Crippen LogP contribution is 2.31. The number of rotatable bonds is 3. The summed E-state index contributed by atoms with van der Waals surface area (Å²) in [5.41, 5.74) is 1.53. The smallest absolute Gasteiger partial charge is 0.407 e. The van der Waals surface area contributed by atoms with Crippen molar-refractivity contribution in [3.63, 3.8) is 0 Å². The molecular formula is C19H26N4O4. The summed E-state index contributed by atoms with van der Waals surface area (Å²) in [5, 5.41) is 8.24. The fourth-order valence-corrected chi connectivity index (χ4v) is 3.33. The third-order valence-corrected chi connectivity index (χ3v) is 4.42. The predicted octanol–water partition coefficient (Wildman–Crippen LogP) is 2.46. The van der Waals surface area contributed by atoms with E-state index in [0.29, 0.717) is 17.6 Å². The summed E-state index contributed by atoms with van der Waals surface area (Å²) < 4.78 is 11.9. The maximum Gasteiger partial charge on any atom is 0.407 e. The number of fused-ring (bicyclic) bond motifs is 1. The highest BCUT2D eigenvalue weighted by molar-refractivity contribution is 6.06. The van der Waals surface area contributed by atoms with Crippen LogP contribution in [0.1, 0.15) is 37.6 Å². The standard InChI is InChI=1S/C19H26N4O4/c1-19(2,3)27-18(25)20-12-8-9-23(10-12)15-7-6-13(17(24)26-5)16-14(15)11-22(4)21-16/h6-7,11-12H,8-10H2,1-5H3,(H,20,25)/t12-/m1/s1. The number of hydrogen-bond acceptors (Lipinski definition) is 6. The minimum absolute atomic E-state index is 0.00635. The molecule has 2 heterocycles. The Bertz CT molecular complexity index is 868. The zero-order valence-corrected chi connectivity index (χ0v) is 16.4. The summed E-state index contributed by atoms with van der Waals surface area (Å²) in [6.45, 7) is 6.99. The van der Waals surface area contributed by atoms with Gasteiger partial charge in [0.15, 0.2) is 0 Å². The molecule has 1 fully saturated rings. The molecule has 0 bridgehead atoms. The molecule has 1 N–H and O–H groups in total. The molecule has 0 spiro atoms. The molecule has 0 saturated carbocycles. The van der Waals surface area contributed by atoms with E-state index >= 15 is 0 Å². The maximum atomic E-state index is 12.0. The van der Waals surface area contributed by atoms with Gasteiger partial charge < -0.3 is 19.7 Å². The van der Waals surface area contributed by atoms with E-state index in [1.165, 1.54) is 7.11 Å². The van der Waals surface area contributed by atoms with Gasteiger partial charge in [-0.05, 0) is 39.3 Å². The van der Waals surface area contributed by atoms with Gasteiger partial charge >= 0.3 is 12.1 Å². The summed E-state index contributed by atoms with van der Waals surface area (Å²) >= 11 is 0. The Morgan fingerprint density at radius 1 is 1.30 bits per heavy atom. The van der Waals surface area contributed by atoms with E-state index in [-0.39, 0.29) is 6.04 Å². The first kappa shape index (κ1) is 19.0. The molecule has 1 aromatic heterocycles. The van der Waals surface area contributed by atoms with Crippen LogP contribution in [-0.2, 0) is 16.5 Å². The van der Waals surface area contributed by atoms with E-state index < -0.39 is 17.7 Å². The van der Waals surface area contributed by atoms with Crippen molar-refractivity contribution >= 4 is 28.7 Å². The first-order valence-electron chi connectivity index (χ1n) is 8.97. The van der Waals surface area contributed by atoms with Crippen molar-refractivity contribution < 1.29 is 19.1 Å². The Balaban J connectivity index is 1.79. The van der Waals surface area contributed by atoms with Crippen LogP contribution in [0.4, 0.5) is 10.5 Å². The number of ether oxygens (including phenoxy) is 2. The summed E-state index contributed by atoms with van der Waals surface area (Å²) in [5.74, 6) is -0.406. The molecule has 0 radical (unpaired) electrons. The Morgan fingerprint density at radius 2 is 2.04 bits per heavy atom. The van der Waals surface area contributed by atoms with Crippen LogP contribution < -0.4 is 10.2 Å². The topological polar surface area (TPSA) is 85.7 Å². The van der Waals surface area contributed by atoms with Crippen LogP contribution in [0.3, 0.4) is 0 Å². The molecule has 1 aromatic carbocycles. The molecule has 1 amide bonds. The van der Waals surface area contributed by atoms with E-state index in [0.717, 1.165) is 24.0 Å². The van der Waals surface area contributed by atoms with Gasteiger partial charge in [0.2, 0.25) is 0 Å². The number of alkyl carbamates (subject to hydrolysis) is 1. The zero-order valence-electron chi connectivity index (χ0n) is 16.4. The number of aromatic nitrogens is 2. The molecule has 1 atom stereocenters. The highest BCUT2D eigenvalue weighted by Gasteiger charge is 2.28.